The summed E-state index contributed by atoms with van der Waals surface area (Å²) in [4.78, 5) is 0. The third-order valence-electron chi connectivity index (χ3n) is 2.60. The van der Waals surface area contributed by atoms with Gasteiger partial charge in [-0.3, -0.25) is 0 Å². The maximum Gasteiger partial charge on any atom is 0.0962 e. The van der Waals surface area contributed by atoms with E-state index in [9.17, 15) is 5.11 Å². The van der Waals surface area contributed by atoms with Crippen LogP contribution >= 0.6 is 31.9 Å². The first-order chi connectivity index (χ1) is 8.66. The van der Waals surface area contributed by atoms with Gasteiger partial charge in [-0.05, 0) is 39.7 Å². The highest BCUT2D eigenvalue weighted by Crippen LogP contribution is 2.26. The van der Waals surface area contributed by atoms with E-state index in [0.717, 1.165) is 20.2 Å². The molecule has 0 radical (unpaired) electrons. The van der Waals surface area contributed by atoms with Crippen molar-refractivity contribution < 1.29 is 5.11 Å². The summed E-state index contributed by atoms with van der Waals surface area (Å²) < 4.78 is 1.99. The van der Waals surface area contributed by atoms with Crippen molar-refractivity contribution in [2.75, 3.05) is 11.9 Å². The smallest absolute Gasteiger partial charge is 0.0962 e. The Balaban J connectivity index is 1.99. The molecule has 0 aliphatic heterocycles. The molecule has 0 fully saturated rings. The highest BCUT2D eigenvalue weighted by atomic mass is 79.9. The van der Waals surface area contributed by atoms with Crippen molar-refractivity contribution in [1.29, 1.82) is 0 Å². The number of nitrogens with one attached hydrogen (secondary N) is 1. The molecule has 2 aromatic rings. The summed E-state index contributed by atoms with van der Waals surface area (Å²) in [6.45, 7) is 0.476. The number of hydrogen-bond donors (Lipinski definition) is 2. The van der Waals surface area contributed by atoms with Crippen LogP contribution in [0.25, 0.3) is 0 Å². The maximum absolute atomic E-state index is 10.0. The van der Waals surface area contributed by atoms with Crippen molar-refractivity contribution in [1.82, 2.24) is 0 Å². The lowest BCUT2D eigenvalue weighted by Gasteiger charge is -2.14. The zero-order chi connectivity index (χ0) is 13.0. The molecule has 0 aromatic heterocycles. The van der Waals surface area contributed by atoms with Crippen LogP contribution in [0.5, 0.6) is 0 Å². The van der Waals surface area contributed by atoms with Gasteiger partial charge in [-0.15, -0.1) is 0 Å². The van der Waals surface area contributed by atoms with E-state index >= 15 is 0 Å². The molecule has 0 saturated heterocycles. The van der Waals surface area contributed by atoms with Crippen LogP contribution < -0.4 is 5.32 Å². The van der Waals surface area contributed by atoms with Crippen molar-refractivity contribution in [3.63, 3.8) is 0 Å². The quantitative estimate of drug-likeness (QED) is 0.838. The second-order valence-electron chi connectivity index (χ2n) is 3.93. The fourth-order valence-electron chi connectivity index (χ4n) is 1.63. The minimum Gasteiger partial charge on any atom is -0.387 e. The molecule has 0 saturated carbocycles. The number of aliphatic hydroxyl groups excluding tert-OH is 1. The van der Waals surface area contributed by atoms with Gasteiger partial charge in [0.2, 0.25) is 0 Å². The molecule has 2 aromatic carbocycles. The van der Waals surface area contributed by atoms with Crippen LogP contribution in [0.4, 0.5) is 5.69 Å². The monoisotopic (exact) mass is 369 g/mol. The lowest BCUT2D eigenvalue weighted by molar-refractivity contribution is 0.191. The van der Waals surface area contributed by atoms with Crippen molar-refractivity contribution in [2.24, 2.45) is 0 Å². The van der Waals surface area contributed by atoms with Gasteiger partial charge >= 0.3 is 0 Å². The highest BCUT2D eigenvalue weighted by Gasteiger charge is 2.07. The molecule has 0 aliphatic rings. The van der Waals surface area contributed by atoms with Crippen LogP contribution in [-0.2, 0) is 0 Å². The van der Waals surface area contributed by atoms with Gasteiger partial charge in [0.25, 0.3) is 0 Å². The van der Waals surface area contributed by atoms with Crippen molar-refractivity contribution in [3.8, 4) is 0 Å². The molecule has 0 amide bonds. The van der Waals surface area contributed by atoms with Gasteiger partial charge in [0, 0.05) is 21.2 Å². The normalized spacial score (nSPS) is 12.2. The summed E-state index contributed by atoms with van der Waals surface area (Å²) in [5.41, 5.74) is 1.88. The standard InChI is InChI=1S/C14H13Br2NO/c15-11-6-7-13(12(16)8-11)17-9-14(18)10-4-2-1-3-5-10/h1-8,14,17-18H,9H2. The van der Waals surface area contributed by atoms with E-state index < -0.39 is 6.10 Å². The van der Waals surface area contributed by atoms with E-state index in [2.05, 4.69) is 37.2 Å². The Morgan fingerprint density at radius 1 is 1.06 bits per heavy atom. The first-order valence-corrected chi connectivity index (χ1v) is 7.17. The lowest BCUT2D eigenvalue weighted by atomic mass is 10.1. The Hall–Kier alpha value is -0.840. The average Bonchev–Trinajstić information content (AvgIpc) is 2.38. The van der Waals surface area contributed by atoms with E-state index in [-0.39, 0.29) is 0 Å². The zero-order valence-electron chi connectivity index (χ0n) is 9.61. The van der Waals surface area contributed by atoms with Gasteiger partial charge in [-0.1, -0.05) is 46.3 Å². The van der Waals surface area contributed by atoms with Crippen molar-refractivity contribution in [2.45, 2.75) is 6.10 Å². The first kappa shape index (κ1) is 13.6. The summed E-state index contributed by atoms with van der Waals surface area (Å²) in [6.07, 6.45) is -0.512. The second kappa shape index (κ2) is 6.36. The molecule has 0 bridgehead atoms. The third-order valence-corrected chi connectivity index (χ3v) is 3.75. The van der Waals surface area contributed by atoms with Gasteiger partial charge in [0.1, 0.15) is 0 Å². The second-order valence-corrected chi connectivity index (χ2v) is 5.70. The van der Waals surface area contributed by atoms with E-state index in [1.165, 1.54) is 0 Å². The van der Waals surface area contributed by atoms with Gasteiger partial charge in [-0.2, -0.15) is 0 Å². The molecule has 18 heavy (non-hydrogen) atoms. The third kappa shape index (κ3) is 3.57. The van der Waals surface area contributed by atoms with Crippen LogP contribution in [0.15, 0.2) is 57.5 Å². The molecule has 2 rings (SSSR count). The lowest BCUT2D eigenvalue weighted by Crippen LogP contribution is -2.12. The highest BCUT2D eigenvalue weighted by molar-refractivity contribution is 9.11. The van der Waals surface area contributed by atoms with Crippen LogP contribution in [0.2, 0.25) is 0 Å². The summed E-state index contributed by atoms with van der Waals surface area (Å²) in [6, 6.07) is 15.5. The molecule has 0 aliphatic carbocycles. The molecule has 0 spiro atoms. The summed E-state index contributed by atoms with van der Waals surface area (Å²) >= 11 is 6.89. The molecule has 1 atom stereocenters. The zero-order valence-corrected chi connectivity index (χ0v) is 12.8. The number of halogens is 2. The Bertz CT molecular complexity index is 516. The van der Waals surface area contributed by atoms with Gasteiger partial charge in [0.05, 0.1) is 6.10 Å². The van der Waals surface area contributed by atoms with Gasteiger partial charge in [-0.25, -0.2) is 0 Å². The van der Waals surface area contributed by atoms with Gasteiger partial charge in [0.15, 0.2) is 0 Å². The molecule has 2 nitrogen and oxygen atoms in total. The van der Waals surface area contributed by atoms with E-state index in [0.29, 0.717) is 6.54 Å². The Morgan fingerprint density at radius 2 is 1.78 bits per heavy atom. The van der Waals surface area contributed by atoms with E-state index in [4.69, 9.17) is 0 Å². The minimum absolute atomic E-state index is 0.476. The number of anilines is 1. The Kier molecular flexibility index (Phi) is 4.80. The van der Waals surface area contributed by atoms with Crippen molar-refractivity contribution in [3.05, 3.63) is 63.0 Å². The van der Waals surface area contributed by atoms with Crippen LogP contribution in [-0.4, -0.2) is 11.7 Å². The predicted molar refractivity (Wildman–Crippen MR) is 81.7 cm³/mol. The minimum atomic E-state index is -0.512. The molecule has 1 unspecified atom stereocenters. The average molecular weight is 371 g/mol. The number of hydrogen-bond acceptors (Lipinski definition) is 2. The summed E-state index contributed by atoms with van der Waals surface area (Å²) in [5.74, 6) is 0. The summed E-state index contributed by atoms with van der Waals surface area (Å²) in [5, 5.41) is 13.3. The number of aliphatic hydroxyl groups is 1. The largest absolute Gasteiger partial charge is 0.387 e. The van der Waals surface area contributed by atoms with E-state index in [1.807, 2.05) is 48.5 Å². The molecule has 4 heteroatoms. The van der Waals surface area contributed by atoms with Crippen LogP contribution in [0, 0.1) is 0 Å². The predicted octanol–water partition coefficient (Wildman–Crippen LogP) is 4.36. The maximum atomic E-state index is 10.0. The fraction of sp³-hybridized carbons (Fsp3) is 0.143. The molecule has 94 valence electrons. The Morgan fingerprint density at radius 3 is 2.44 bits per heavy atom. The van der Waals surface area contributed by atoms with E-state index in [1.54, 1.807) is 0 Å². The molecular formula is C14H13Br2NO. The number of benzene rings is 2. The first-order valence-electron chi connectivity index (χ1n) is 5.59. The fourth-order valence-corrected chi connectivity index (χ4v) is 2.82. The number of rotatable bonds is 4. The molecule has 0 heterocycles. The topological polar surface area (TPSA) is 32.3 Å². The van der Waals surface area contributed by atoms with Crippen LogP contribution in [0.1, 0.15) is 11.7 Å². The van der Waals surface area contributed by atoms with Crippen LogP contribution in [0.3, 0.4) is 0 Å². The van der Waals surface area contributed by atoms with Crippen molar-refractivity contribution >= 4 is 37.5 Å². The SMILES string of the molecule is OC(CNc1ccc(Br)cc1Br)c1ccccc1. The van der Waals surface area contributed by atoms with Gasteiger partial charge < -0.3 is 10.4 Å². The molecular weight excluding hydrogens is 358 g/mol. The summed E-state index contributed by atoms with van der Waals surface area (Å²) in [7, 11) is 0. The Labute approximate surface area is 123 Å². The molecule has 2 N–H and O–H groups in total.